The van der Waals surface area contributed by atoms with Gasteiger partial charge in [-0.25, -0.2) is 0 Å². The summed E-state index contributed by atoms with van der Waals surface area (Å²) in [5.74, 6) is 0.246. The molecule has 1 aromatic rings. The molecular formula is C13H21NO2. The first-order valence-corrected chi connectivity index (χ1v) is 5.87. The lowest BCUT2D eigenvalue weighted by Crippen LogP contribution is -2.25. The number of nitrogens with one attached hydrogen (secondary N) is 1. The first-order valence-electron chi connectivity index (χ1n) is 5.87. The van der Waals surface area contributed by atoms with Crippen LogP contribution in [0.5, 0.6) is 11.5 Å². The fourth-order valence-corrected chi connectivity index (χ4v) is 1.60. The average molecular weight is 223 g/mol. The van der Waals surface area contributed by atoms with Gasteiger partial charge in [0.25, 0.3) is 0 Å². The number of aromatic hydroxyl groups is 2. The smallest absolute Gasteiger partial charge is 0.123 e. The zero-order valence-electron chi connectivity index (χ0n) is 10.0. The molecule has 3 heteroatoms. The second-order valence-electron chi connectivity index (χ2n) is 4.24. The van der Waals surface area contributed by atoms with Crippen molar-refractivity contribution in [2.75, 3.05) is 0 Å². The van der Waals surface area contributed by atoms with Crippen LogP contribution in [0.1, 0.15) is 38.7 Å². The van der Waals surface area contributed by atoms with Crippen LogP contribution in [-0.2, 0) is 6.54 Å². The van der Waals surface area contributed by atoms with Crippen molar-refractivity contribution in [3.8, 4) is 11.5 Å². The molecule has 3 nitrogen and oxygen atoms in total. The minimum atomic E-state index is 0.0975. The predicted octanol–water partition coefficient (Wildman–Crippen LogP) is 2.77. The topological polar surface area (TPSA) is 52.5 Å². The standard InChI is InChI=1S/C13H21NO2/c1-3-4-5-10(2)14-9-11-6-7-12(15)8-13(11)16/h6-8,10,14-16H,3-5,9H2,1-2H3. The van der Waals surface area contributed by atoms with Gasteiger partial charge >= 0.3 is 0 Å². The maximum atomic E-state index is 9.58. The van der Waals surface area contributed by atoms with E-state index in [1.807, 2.05) is 0 Å². The molecule has 0 fully saturated rings. The molecule has 3 N–H and O–H groups in total. The molecule has 0 bridgehead atoms. The Morgan fingerprint density at radius 3 is 2.69 bits per heavy atom. The minimum absolute atomic E-state index is 0.0975. The summed E-state index contributed by atoms with van der Waals surface area (Å²) in [5.41, 5.74) is 0.821. The van der Waals surface area contributed by atoms with Crippen molar-refractivity contribution in [1.29, 1.82) is 0 Å². The van der Waals surface area contributed by atoms with Crippen LogP contribution in [0, 0.1) is 0 Å². The van der Waals surface area contributed by atoms with Gasteiger partial charge in [-0.1, -0.05) is 25.8 Å². The van der Waals surface area contributed by atoms with Crippen LogP contribution in [0.3, 0.4) is 0 Å². The summed E-state index contributed by atoms with van der Waals surface area (Å²) < 4.78 is 0. The van der Waals surface area contributed by atoms with Crippen LogP contribution in [0.4, 0.5) is 0 Å². The van der Waals surface area contributed by atoms with Gasteiger partial charge in [0.2, 0.25) is 0 Å². The lowest BCUT2D eigenvalue weighted by Gasteiger charge is -2.14. The summed E-state index contributed by atoms with van der Waals surface area (Å²) >= 11 is 0. The zero-order chi connectivity index (χ0) is 12.0. The Labute approximate surface area is 97.1 Å². The molecule has 0 aromatic heterocycles. The minimum Gasteiger partial charge on any atom is -0.508 e. The molecule has 0 saturated carbocycles. The van der Waals surface area contributed by atoms with Crippen molar-refractivity contribution in [2.24, 2.45) is 0 Å². The number of rotatable bonds is 6. The molecule has 90 valence electrons. The van der Waals surface area contributed by atoms with E-state index in [1.54, 1.807) is 12.1 Å². The molecule has 0 saturated heterocycles. The first kappa shape index (κ1) is 12.8. The number of unbranched alkanes of at least 4 members (excludes halogenated alkanes) is 1. The van der Waals surface area contributed by atoms with Crippen molar-refractivity contribution in [1.82, 2.24) is 5.32 Å². The number of phenolic OH excluding ortho intramolecular Hbond substituents is 2. The Bertz CT molecular complexity index is 326. The van der Waals surface area contributed by atoms with Gasteiger partial charge in [0.1, 0.15) is 11.5 Å². The van der Waals surface area contributed by atoms with Crippen LogP contribution in [0.2, 0.25) is 0 Å². The molecule has 16 heavy (non-hydrogen) atoms. The molecular weight excluding hydrogens is 202 g/mol. The van der Waals surface area contributed by atoms with Gasteiger partial charge in [-0.3, -0.25) is 0 Å². The highest BCUT2D eigenvalue weighted by molar-refractivity contribution is 5.38. The SMILES string of the molecule is CCCCC(C)NCc1ccc(O)cc1O. The summed E-state index contributed by atoms with van der Waals surface area (Å²) in [5, 5.41) is 22.1. The summed E-state index contributed by atoms with van der Waals surface area (Å²) in [4.78, 5) is 0. The van der Waals surface area contributed by atoms with E-state index in [-0.39, 0.29) is 11.5 Å². The van der Waals surface area contributed by atoms with Gasteiger partial charge in [0, 0.05) is 24.2 Å². The number of phenols is 2. The highest BCUT2D eigenvalue weighted by Crippen LogP contribution is 2.22. The molecule has 0 radical (unpaired) electrons. The highest BCUT2D eigenvalue weighted by Gasteiger charge is 2.04. The van der Waals surface area contributed by atoms with E-state index in [0.717, 1.165) is 12.0 Å². The van der Waals surface area contributed by atoms with Gasteiger partial charge in [0.05, 0.1) is 0 Å². The summed E-state index contributed by atoms with van der Waals surface area (Å²) in [6, 6.07) is 5.15. The fraction of sp³-hybridized carbons (Fsp3) is 0.538. The van der Waals surface area contributed by atoms with Crippen molar-refractivity contribution >= 4 is 0 Å². The van der Waals surface area contributed by atoms with Gasteiger partial charge in [-0.05, 0) is 19.4 Å². The zero-order valence-corrected chi connectivity index (χ0v) is 10.0. The second kappa shape index (κ2) is 6.38. The second-order valence-corrected chi connectivity index (χ2v) is 4.24. The van der Waals surface area contributed by atoms with Crippen LogP contribution < -0.4 is 5.32 Å². The molecule has 1 rings (SSSR count). The largest absolute Gasteiger partial charge is 0.508 e. The van der Waals surface area contributed by atoms with Gasteiger partial charge in [-0.2, -0.15) is 0 Å². The van der Waals surface area contributed by atoms with Crippen LogP contribution in [0.15, 0.2) is 18.2 Å². The van der Waals surface area contributed by atoms with E-state index in [9.17, 15) is 5.11 Å². The normalized spacial score (nSPS) is 12.6. The molecule has 0 amide bonds. The highest BCUT2D eigenvalue weighted by atomic mass is 16.3. The summed E-state index contributed by atoms with van der Waals surface area (Å²) in [6.07, 6.45) is 3.57. The van der Waals surface area contributed by atoms with E-state index >= 15 is 0 Å². The Kier molecular flexibility index (Phi) is 5.12. The average Bonchev–Trinajstić information content (AvgIpc) is 2.25. The molecule has 0 aliphatic carbocycles. The van der Waals surface area contributed by atoms with E-state index in [0.29, 0.717) is 12.6 Å². The summed E-state index contributed by atoms with van der Waals surface area (Å²) in [7, 11) is 0. The third kappa shape index (κ3) is 4.11. The third-order valence-corrected chi connectivity index (χ3v) is 2.70. The Hall–Kier alpha value is -1.22. The monoisotopic (exact) mass is 223 g/mol. The van der Waals surface area contributed by atoms with Crippen molar-refractivity contribution in [3.63, 3.8) is 0 Å². The van der Waals surface area contributed by atoms with Crippen LogP contribution >= 0.6 is 0 Å². The van der Waals surface area contributed by atoms with E-state index in [1.165, 1.54) is 18.9 Å². The Balaban J connectivity index is 2.42. The van der Waals surface area contributed by atoms with Gasteiger partial charge < -0.3 is 15.5 Å². The lowest BCUT2D eigenvalue weighted by atomic mass is 10.1. The van der Waals surface area contributed by atoms with Crippen molar-refractivity contribution in [3.05, 3.63) is 23.8 Å². The van der Waals surface area contributed by atoms with E-state index < -0.39 is 0 Å². The number of hydrogen-bond donors (Lipinski definition) is 3. The Morgan fingerprint density at radius 1 is 1.31 bits per heavy atom. The fourth-order valence-electron chi connectivity index (χ4n) is 1.60. The van der Waals surface area contributed by atoms with E-state index in [2.05, 4.69) is 19.2 Å². The van der Waals surface area contributed by atoms with E-state index in [4.69, 9.17) is 5.11 Å². The molecule has 0 aliphatic rings. The first-order chi connectivity index (χ1) is 7.63. The van der Waals surface area contributed by atoms with Crippen LogP contribution in [-0.4, -0.2) is 16.3 Å². The maximum absolute atomic E-state index is 9.58. The molecule has 1 atom stereocenters. The third-order valence-electron chi connectivity index (χ3n) is 2.70. The molecule has 1 unspecified atom stereocenters. The maximum Gasteiger partial charge on any atom is 0.123 e. The number of hydrogen-bond acceptors (Lipinski definition) is 3. The number of benzene rings is 1. The molecule has 0 heterocycles. The van der Waals surface area contributed by atoms with Crippen molar-refractivity contribution in [2.45, 2.75) is 45.7 Å². The van der Waals surface area contributed by atoms with Crippen molar-refractivity contribution < 1.29 is 10.2 Å². The van der Waals surface area contributed by atoms with Crippen LogP contribution in [0.25, 0.3) is 0 Å². The predicted molar refractivity (Wildman–Crippen MR) is 65.6 cm³/mol. The quantitative estimate of drug-likeness (QED) is 0.695. The Morgan fingerprint density at radius 2 is 2.06 bits per heavy atom. The molecule has 0 aliphatic heterocycles. The summed E-state index contributed by atoms with van der Waals surface area (Å²) in [6.45, 7) is 4.96. The van der Waals surface area contributed by atoms with Gasteiger partial charge in [0.15, 0.2) is 0 Å². The molecule has 1 aromatic carbocycles. The lowest BCUT2D eigenvalue weighted by molar-refractivity contribution is 0.437. The van der Waals surface area contributed by atoms with Gasteiger partial charge in [-0.15, -0.1) is 0 Å². The molecule has 0 spiro atoms.